The number of carbonyl (C=O) groups excluding carboxylic acids is 13. The summed E-state index contributed by atoms with van der Waals surface area (Å²) in [4.78, 5) is 187. The van der Waals surface area contributed by atoms with Crippen LogP contribution < -0.4 is 76.1 Å². The third-order valence-electron chi connectivity index (χ3n) is 14.0. The number of hydrogen-bond donors (Lipinski definition) is 19. The summed E-state index contributed by atoms with van der Waals surface area (Å²) in [6, 6.07) is -7.94. The van der Waals surface area contributed by atoms with E-state index in [2.05, 4.69) is 58.2 Å². The fraction of sp³-hybridized carbons (Fsp3) is 0.593. The van der Waals surface area contributed by atoms with Crippen LogP contribution >= 0.6 is 0 Å². The molecule has 34 heteroatoms. The average molecular weight is 1250 g/mol. The lowest BCUT2D eigenvalue weighted by molar-refractivity contribution is -0.145. The summed E-state index contributed by atoms with van der Waals surface area (Å²) >= 11 is 0. The highest BCUT2D eigenvalue weighted by Gasteiger charge is 2.40. The molecule has 1 aromatic carbocycles. The van der Waals surface area contributed by atoms with Crippen molar-refractivity contribution in [3.05, 3.63) is 36.0 Å². The average Bonchev–Trinajstić information content (AvgIpc) is 4.16. The van der Waals surface area contributed by atoms with E-state index >= 15 is 0 Å². The minimum atomic E-state index is -1.77. The van der Waals surface area contributed by atoms with Crippen LogP contribution in [-0.4, -0.2) is 218 Å². The number of nitrogens with two attached hydrogens (primary N) is 4. The van der Waals surface area contributed by atoms with E-state index in [0.29, 0.717) is 35.7 Å². The van der Waals surface area contributed by atoms with E-state index in [1.54, 1.807) is 30.5 Å². The molecule has 0 unspecified atom stereocenters. The Morgan fingerprint density at radius 3 is 1.82 bits per heavy atom. The number of nitrogens with zero attached hydrogens (tertiary/aromatic N) is 1. The number of primary amides is 2. The first-order valence-corrected chi connectivity index (χ1v) is 28.4. The maximum atomic E-state index is 13.8. The van der Waals surface area contributed by atoms with E-state index in [9.17, 15) is 87.5 Å². The monoisotopic (exact) mass is 1240 g/mol. The van der Waals surface area contributed by atoms with Gasteiger partial charge in [0, 0.05) is 36.5 Å². The van der Waals surface area contributed by atoms with E-state index in [0.717, 1.165) is 11.8 Å². The van der Waals surface area contributed by atoms with Crippen LogP contribution in [0.15, 0.2) is 30.5 Å². The zero-order valence-corrected chi connectivity index (χ0v) is 49.6. The molecule has 1 fully saturated rings. The lowest BCUT2D eigenvalue weighted by Gasteiger charge is -2.29. The van der Waals surface area contributed by atoms with Gasteiger partial charge < -0.3 is 106 Å². The SMILES string of the molecule is CC(C)[C@H](NC(=O)[C@H](CC(N)=O)NC(=O)[C@H](C)NC(=O)[C@@H](NC(=O)[C@H](Cc1c[nH]c2ccccc12)NC(=O)[C@@H](N)[C@@H](C)O)[C@@H](C)O)C(=O)NCC(=O)N[C@@H](CCCCN)C(=O)NCC(=O)N[C@@H](CCC(N)=O)C(=O)N1CCC[C@H]1C(=O)N[C@@H](CO)C(=O)O. The van der Waals surface area contributed by atoms with E-state index in [1.165, 1.54) is 27.7 Å². The largest absolute Gasteiger partial charge is 0.480 e. The number of aromatic amines is 1. The number of amides is 13. The first-order valence-electron chi connectivity index (χ1n) is 28.4. The Balaban J connectivity index is 1.66. The highest BCUT2D eigenvalue weighted by atomic mass is 16.4. The van der Waals surface area contributed by atoms with Crippen LogP contribution in [0.5, 0.6) is 0 Å². The van der Waals surface area contributed by atoms with Gasteiger partial charge >= 0.3 is 5.97 Å². The molecule has 0 saturated carbocycles. The number of nitrogens with one attached hydrogen (secondary N) is 11. The van der Waals surface area contributed by atoms with Gasteiger partial charge in [0.25, 0.3) is 0 Å². The Morgan fingerprint density at radius 1 is 0.636 bits per heavy atom. The minimum Gasteiger partial charge on any atom is -0.480 e. The van der Waals surface area contributed by atoms with Crippen molar-refractivity contribution >= 4 is 93.7 Å². The van der Waals surface area contributed by atoms with Crippen LogP contribution in [0.3, 0.4) is 0 Å². The third-order valence-corrected chi connectivity index (χ3v) is 14.0. The zero-order valence-electron chi connectivity index (χ0n) is 49.6. The van der Waals surface area contributed by atoms with Crippen LogP contribution in [0.25, 0.3) is 10.9 Å². The van der Waals surface area contributed by atoms with Crippen molar-refractivity contribution in [1.82, 2.24) is 63.1 Å². The minimum absolute atomic E-state index is 0.0134. The van der Waals surface area contributed by atoms with Gasteiger partial charge in [0.2, 0.25) is 76.8 Å². The number of carboxylic acids is 1. The summed E-state index contributed by atoms with van der Waals surface area (Å²) in [5, 5.41) is 63.5. The molecule has 488 valence electrons. The second-order valence-corrected chi connectivity index (χ2v) is 21.5. The van der Waals surface area contributed by atoms with Crippen LogP contribution in [-0.2, 0) is 73.5 Å². The van der Waals surface area contributed by atoms with Gasteiger partial charge in [-0.2, -0.15) is 0 Å². The molecule has 1 aromatic heterocycles. The van der Waals surface area contributed by atoms with Crippen LogP contribution in [0.2, 0.25) is 0 Å². The van der Waals surface area contributed by atoms with Crippen molar-refractivity contribution in [3.8, 4) is 0 Å². The molecule has 1 saturated heterocycles. The molecule has 2 aromatic rings. The summed E-state index contributed by atoms with van der Waals surface area (Å²) in [7, 11) is 0. The number of benzene rings is 1. The lowest BCUT2D eigenvalue weighted by Crippen LogP contribution is -2.62. The van der Waals surface area contributed by atoms with Crippen molar-refractivity contribution in [1.29, 1.82) is 0 Å². The molecule has 0 bridgehead atoms. The van der Waals surface area contributed by atoms with Gasteiger partial charge in [0.1, 0.15) is 60.4 Å². The third kappa shape index (κ3) is 23.1. The molecule has 23 N–H and O–H groups in total. The molecular weight excluding hydrogens is 1160 g/mol. The molecule has 88 heavy (non-hydrogen) atoms. The van der Waals surface area contributed by atoms with Gasteiger partial charge in [0.15, 0.2) is 0 Å². The number of hydrogen-bond acceptors (Lipinski definition) is 19. The fourth-order valence-corrected chi connectivity index (χ4v) is 9.06. The van der Waals surface area contributed by atoms with Gasteiger partial charge in [-0.1, -0.05) is 32.0 Å². The van der Waals surface area contributed by atoms with E-state index in [4.69, 9.17) is 22.9 Å². The molecule has 2 heterocycles. The summed E-state index contributed by atoms with van der Waals surface area (Å²) in [6.45, 7) is 4.34. The van der Waals surface area contributed by atoms with Crippen LogP contribution in [0, 0.1) is 5.92 Å². The van der Waals surface area contributed by atoms with E-state index in [-0.39, 0.29) is 38.8 Å². The standard InChI is InChI=1S/C54H84N16O18/c1-25(2)43(51(84)61-23-40(76)63-32(13-8-9-17-55)46(79)60-22-41(77)64-33(15-16-38(56)74)53(86)70-18-10-14-37(70)49(82)67-36(24-71)54(87)88)68-48(81)35(20-39(57)75)65-45(78)26(3)62-52(85)44(28(5)73)69-47(80)34(66-50(83)42(58)27(4)72)19-29-21-59-31-12-7-6-11-30(29)31/h6-7,11-12,21,25-28,32-37,42-44,59,71-73H,8-10,13-20,22-24,55,58H2,1-5H3,(H2,56,74)(H2,57,75)(H,60,79)(H,61,84)(H,62,85)(H,63,76)(H,64,77)(H,65,78)(H,66,83)(H,67,82)(H,68,81)(H,69,80)(H,87,88)/t26-,27+,28+,32-,33-,34-,35-,36-,37-,42-,43-,44-/m0/s1. The Kier molecular flexibility index (Phi) is 29.8. The number of rotatable bonds is 37. The van der Waals surface area contributed by atoms with Crippen molar-refractivity contribution in [3.63, 3.8) is 0 Å². The highest BCUT2D eigenvalue weighted by molar-refractivity contribution is 6.00. The lowest BCUT2D eigenvalue weighted by atomic mass is 10.0. The number of unbranched alkanes of at least 4 members (excludes halogenated alkanes) is 1. The maximum absolute atomic E-state index is 13.8. The maximum Gasteiger partial charge on any atom is 0.328 e. The Bertz CT molecular complexity index is 2830. The predicted molar refractivity (Wildman–Crippen MR) is 310 cm³/mol. The number of carbonyl (C=O) groups is 14. The quantitative estimate of drug-likeness (QED) is 0.0279. The van der Waals surface area contributed by atoms with E-state index < -0.39 is 194 Å². The molecule has 34 nitrogen and oxygen atoms in total. The van der Waals surface area contributed by atoms with Gasteiger partial charge in [-0.25, -0.2) is 4.79 Å². The Morgan fingerprint density at radius 2 is 1.24 bits per heavy atom. The summed E-state index contributed by atoms with van der Waals surface area (Å²) in [5.41, 5.74) is 23.5. The number of para-hydroxylation sites is 1. The number of aromatic nitrogens is 1. The summed E-state index contributed by atoms with van der Waals surface area (Å²) in [6.07, 6.45) is -1.91. The normalized spacial score (nSPS) is 16.7. The Hall–Kier alpha value is -8.86. The molecule has 0 radical (unpaired) electrons. The molecule has 3 rings (SSSR count). The van der Waals surface area contributed by atoms with Crippen molar-refractivity contribution in [2.45, 2.75) is 165 Å². The first kappa shape index (κ1) is 73.4. The summed E-state index contributed by atoms with van der Waals surface area (Å²) < 4.78 is 0. The molecule has 0 aliphatic carbocycles. The molecule has 1 aliphatic rings. The summed E-state index contributed by atoms with van der Waals surface area (Å²) in [5.74, 6) is -14.7. The predicted octanol–water partition coefficient (Wildman–Crippen LogP) is -8.08. The van der Waals surface area contributed by atoms with Crippen molar-refractivity contribution in [2.24, 2.45) is 28.9 Å². The molecule has 1 aliphatic heterocycles. The van der Waals surface area contributed by atoms with Gasteiger partial charge in [0.05, 0.1) is 38.3 Å². The Labute approximate surface area is 505 Å². The number of carboxylic acid groups (broad SMARTS) is 1. The molecular formula is C54H84N16O18. The molecule has 0 spiro atoms. The molecule has 13 amide bonds. The van der Waals surface area contributed by atoms with Crippen molar-refractivity contribution < 1.29 is 87.5 Å². The number of fused-ring (bicyclic) bond motifs is 1. The zero-order chi connectivity index (χ0) is 66.1. The van der Waals surface area contributed by atoms with Crippen LogP contribution in [0.4, 0.5) is 0 Å². The topological polar surface area (TPSA) is 563 Å². The van der Waals surface area contributed by atoms with Crippen LogP contribution in [0.1, 0.15) is 91.5 Å². The highest BCUT2D eigenvalue weighted by Crippen LogP contribution is 2.21. The second-order valence-electron chi connectivity index (χ2n) is 21.5. The second kappa shape index (κ2) is 35.7. The van der Waals surface area contributed by atoms with Gasteiger partial charge in [-0.15, -0.1) is 0 Å². The number of aliphatic carboxylic acids is 1. The van der Waals surface area contributed by atoms with E-state index in [1.807, 2.05) is 0 Å². The number of likely N-dealkylation sites (tertiary alicyclic amines) is 1. The fourth-order valence-electron chi connectivity index (χ4n) is 9.06. The number of H-pyrrole nitrogens is 1. The first-order chi connectivity index (χ1) is 41.4. The van der Waals surface area contributed by atoms with Crippen molar-refractivity contribution in [2.75, 3.05) is 32.8 Å². The van der Waals surface area contributed by atoms with Gasteiger partial charge in [-0.05, 0) is 83.4 Å². The molecule has 12 atom stereocenters. The number of aliphatic hydroxyl groups excluding tert-OH is 3. The number of aliphatic hydroxyl groups is 3. The smallest absolute Gasteiger partial charge is 0.328 e. The van der Waals surface area contributed by atoms with Gasteiger partial charge in [-0.3, -0.25) is 62.3 Å².